The zero-order valence-electron chi connectivity index (χ0n) is 17.1. The number of carbonyl (C=O) groups is 1. The van der Waals surface area contributed by atoms with Gasteiger partial charge in [-0.05, 0) is 128 Å². The molecule has 0 saturated heterocycles. The molecule has 2 aliphatic rings. The van der Waals surface area contributed by atoms with Gasteiger partial charge >= 0.3 is 5.97 Å². The van der Waals surface area contributed by atoms with Gasteiger partial charge in [0.25, 0.3) is 0 Å². The Bertz CT molecular complexity index is 870. The van der Waals surface area contributed by atoms with E-state index in [2.05, 4.69) is 27.7 Å². The lowest BCUT2D eigenvalue weighted by Crippen LogP contribution is -2.25. The van der Waals surface area contributed by atoms with Crippen molar-refractivity contribution in [1.82, 2.24) is 0 Å². The first-order chi connectivity index (χ1) is 14.5. The van der Waals surface area contributed by atoms with Gasteiger partial charge < -0.3 is 14.3 Å². The molecule has 2 aromatic carbocycles. The Hall–Kier alpha value is -2.09. The van der Waals surface area contributed by atoms with Crippen LogP contribution in [-0.2, 0) is 9.63 Å². The molecule has 6 heteroatoms. The molecule has 1 atom stereocenters. The van der Waals surface area contributed by atoms with E-state index < -0.39 is 12.1 Å². The predicted molar refractivity (Wildman–Crippen MR) is 124 cm³/mol. The van der Waals surface area contributed by atoms with Crippen molar-refractivity contribution in [3.8, 4) is 17.2 Å². The maximum atomic E-state index is 12.3. The summed E-state index contributed by atoms with van der Waals surface area (Å²) < 4.78 is 12.7. The molecular formula is C24H26INO4. The van der Waals surface area contributed by atoms with Crippen LogP contribution in [0, 0.1) is 15.4 Å². The Morgan fingerprint density at radius 3 is 1.97 bits per heavy atom. The van der Waals surface area contributed by atoms with Crippen molar-refractivity contribution in [2.24, 2.45) is 17.0 Å². The summed E-state index contributed by atoms with van der Waals surface area (Å²) in [5.41, 5.74) is 1.03. The quantitative estimate of drug-likeness (QED) is 0.159. The highest BCUT2D eigenvalue weighted by Gasteiger charge is 2.29. The van der Waals surface area contributed by atoms with Crippen LogP contribution in [0.25, 0.3) is 0 Å². The Morgan fingerprint density at radius 1 is 0.933 bits per heavy atom. The lowest BCUT2D eigenvalue weighted by atomic mass is 10.1. The number of hydrogen-bond acceptors (Lipinski definition) is 5. The van der Waals surface area contributed by atoms with Crippen molar-refractivity contribution in [2.75, 3.05) is 0 Å². The van der Waals surface area contributed by atoms with Gasteiger partial charge in [0.05, 0.1) is 5.71 Å². The topological polar surface area (TPSA) is 57.1 Å². The second-order valence-electron chi connectivity index (χ2n) is 8.15. The first kappa shape index (κ1) is 21.2. The molecule has 2 fully saturated rings. The highest BCUT2D eigenvalue weighted by molar-refractivity contribution is 14.1. The van der Waals surface area contributed by atoms with Crippen LogP contribution in [0.3, 0.4) is 0 Å². The third-order valence-electron chi connectivity index (χ3n) is 5.23. The van der Waals surface area contributed by atoms with Crippen molar-refractivity contribution >= 4 is 34.3 Å². The summed E-state index contributed by atoms with van der Waals surface area (Å²) in [4.78, 5) is 17.5. The Labute approximate surface area is 190 Å². The van der Waals surface area contributed by atoms with Gasteiger partial charge in [-0.1, -0.05) is 5.16 Å². The van der Waals surface area contributed by atoms with Crippen LogP contribution < -0.4 is 9.47 Å². The third-order valence-corrected chi connectivity index (χ3v) is 5.94. The minimum atomic E-state index is -0.736. The Morgan fingerprint density at radius 2 is 1.43 bits per heavy atom. The third kappa shape index (κ3) is 6.72. The van der Waals surface area contributed by atoms with Gasteiger partial charge in [-0.2, -0.15) is 0 Å². The van der Waals surface area contributed by atoms with E-state index in [1.165, 1.54) is 25.7 Å². The maximum Gasteiger partial charge on any atom is 0.374 e. The smallest absolute Gasteiger partial charge is 0.374 e. The molecule has 0 N–H and O–H groups in total. The van der Waals surface area contributed by atoms with Gasteiger partial charge in [-0.3, -0.25) is 0 Å². The van der Waals surface area contributed by atoms with E-state index in [-0.39, 0.29) is 0 Å². The second kappa shape index (κ2) is 9.81. The summed E-state index contributed by atoms with van der Waals surface area (Å²) in [5, 5.41) is 4.18. The lowest BCUT2D eigenvalue weighted by molar-refractivity contribution is -0.151. The number of nitrogens with zero attached hydrogens (tertiary/aromatic N) is 1. The number of carbonyl (C=O) groups excluding carboxylic acids is 1. The van der Waals surface area contributed by atoms with Crippen LogP contribution >= 0.6 is 22.6 Å². The van der Waals surface area contributed by atoms with E-state index in [1.54, 1.807) is 19.1 Å². The fourth-order valence-electron chi connectivity index (χ4n) is 3.13. The van der Waals surface area contributed by atoms with E-state index in [0.29, 0.717) is 11.5 Å². The average Bonchev–Trinajstić information content (AvgIpc) is 3.66. The molecule has 4 rings (SSSR count). The van der Waals surface area contributed by atoms with Crippen LogP contribution in [0.5, 0.6) is 17.2 Å². The standard InChI is InChI=1S/C24H26INO4/c1-16(24(27)30-26-20(14-17-2-3-17)15-18-4-5-18)28-21-10-12-23(13-11-21)29-22-8-6-19(25)7-9-22/h6-13,16-18H,2-5,14-15H2,1H3. The van der Waals surface area contributed by atoms with E-state index >= 15 is 0 Å². The van der Waals surface area contributed by atoms with Gasteiger partial charge in [-0.25, -0.2) is 4.79 Å². The monoisotopic (exact) mass is 519 g/mol. The number of oxime groups is 1. The van der Waals surface area contributed by atoms with Crippen molar-refractivity contribution in [1.29, 1.82) is 0 Å². The van der Waals surface area contributed by atoms with Crippen LogP contribution in [0.4, 0.5) is 0 Å². The van der Waals surface area contributed by atoms with Crippen molar-refractivity contribution in [3.05, 3.63) is 52.1 Å². The zero-order chi connectivity index (χ0) is 20.9. The van der Waals surface area contributed by atoms with Gasteiger partial charge in [0, 0.05) is 3.57 Å². The fraction of sp³-hybridized carbons (Fsp3) is 0.417. The van der Waals surface area contributed by atoms with E-state index in [0.717, 1.165) is 39.7 Å². The summed E-state index contributed by atoms with van der Waals surface area (Å²) in [6.45, 7) is 1.68. The van der Waals surface area contributed by atoms with Gasteiger partial charge in [0.2, 0.25) is 0 Å². The van der Waals surface area contributed by atoms with Crippen LogP contribution in [0.2, 0.25) is 0 Å². The molecule has 1 unspecified atom stereocenters. The Balaban J connectivity index is 1.27. The number of halogens is 1. The SMILES string of the molecule is CC(Oc1ccc(Oc2ccc(I)cc2)cc1)C(=O)ON=C(CC1CC1)CC1CC1. The van der Waals surface area contributed by atoms with E-state index in [4.69, 9.17) is 14.3 Å². The molecule has 2 aromatic rings. The van der Waals surface area contributed by atoms with Crippen LogP contribution in [0.15, 0.2) is 53.7 Å². The molecule has 2 saturated carbocycles. The molecule has 0 aromatic heterocycles. The number of ether oxygens (including phenoxy) is 2. The molecule has 5 nitrogen and oxygen atoms in total. The van der Waals surface area contributed by atoms with Crippen molar-refractivity contribution in [3.63, 3.8) is 0 Å². The average molecular weight is 519 g/mol. The van der Waals surface area contributed by atoms with Gasteiger partial charge in [0.1, 0.15) is 17.2 Å². The predicted octanol–water partition coefficient (Wildman–Crippen LogP) is 6.35. The molecule has 0 bridgehead atoms. The highest BCUT2D eigenvalue weighted by atomic mass is 127. The molecule has 2 aliphatic carbocycles. The lowest BCUT2D eigenvalue weighted by Gasteiger charge is -2.13. The molecule has 0 heterocycles. The van der Waals surface area contributed by atoms with Crippen LogP contribution in [0.1, 0.15) is 45.4 Å². The first-order valence-electron chi connectivity index (χ1n) is 10.5. The molecule has 158 valence electrons. The summed E-state index contributed by atoms with van der Waals surface area (Å²) in [5.74, 6) is 3.04. The molecule has 0 spiro atoms. The minimum Gasteiger partial charge on any atom is -0.479 e. The van der Waals surface area contributed by atoms with Crippen LogP contribution in [-0.4, -0.2) is 17.8 Å². The maximum absolute atomic E-state index is 12.3. The fourth-order valence-corrected chi connectivity index (χ4v) is 3.49. The molecule has 0 radical (unpaired) electrons. The molecular weight excluding hydrogens is 493 g/mol. The van der Waals surface area contributed by atoms with E-state index in [9.17, 15) is 4.79 Å². The van der Waals surface area contributed by atoms with Crippen molar-refractivity contribution < 1.29 is 19.1 Å². The van der Waals surface area contributed by atoms with E-state index in [1.807, 2.05) is 36.4 Å². The number of rotatable bonds is 10. The minimum absolute atomic E-state index is 0.474. The zero-order valence-corrected chi connectivity index (χ0v) is 19.2. The Kier molecular flexibility index (Phi) is 6.92. The van der Waals surface area contributed by atoms with Gasteiger partial charge in [0.15, 0.2) is 6.10 Å². The second-order valence-corrected chi connectivity index (χ2v) is 9.40. The molecule has 30 heavy (non-hydrogen) atoms. The number of hydrogen-bond donors (Lipinski definition) is 0. The summed E-state index contributed by atoms with van der Waals surface area (Å²) in [6.07, 6.45) is 6.24. The van der Waals surface area contributed by atoms with Crippen molar-refractivity contribution in [2.45, 2.75) is 51.6 Å². The largest absolute Gasteiger partial charge is 0.479 e. The highest BCUT2D eigenvalue weighted by Crippen LogP contribution is 2.38. The summed E-state index contributed by atoms with van der Waals surface area (Å²) in [7, 11) is 0. The summed E-state index contributed by atoms with van der Waals surface area (Å²) in [6, 6.07) is 15.0. The first-order valence-corrected chi connectivity index (χ1v) is 11.6. The van der Waals surface area contributed by atoms with Gasteiger partial charge in [-0.15, -0.1) is 0 Å². The normalized spacial score (nSPS) is 16.5. The molecule has 0 amide bonds. The number of benzene rings is 2. The molecule has 0 aliphatic heterocycles. The summed E-state index contributed by atoms with van der Waals surface area (Å²) >= 11 is 2.25.